The minimum absolute atomic E-state index is 0.358. The molecule has 1 aromatic carbocycles. The van der Waals surface area contributed by atoms with E-state index in [0.29, 0.717) is 18.1 Å². The molecule has 0 amide bonds. The van der Waals surface area contributed by atoms with Gasteiger partial charge >= 0.3 is 0 Å². The first kappa shape index (κ1) is 10.6. The van der Waals surface area contributed by atoms with Crippen molar-refractivity contribution in [2.45, 2.75) is 26.2 Å². The predicted molar refractivity (Wildman–Crippen MR) is 55.8 cm³/mol. The number of nitrogens with zero attached hydrogens (tertiary/aromatic N) is 1. The number of aromatic hydroxyl groups is 1. The largest absolute Gasteiger partial charge is 0.508 e. The average molecular weight is 189 g/mol. The van der Waals surface area contributed by atoms with Crippen molar-refractivity contribution in [1.29, 1.82) is 5.26 Å². The summed E-state index contributed by atoms with van der Waals surface area (Å²) < 4.78 is 0. The Morgan fingerprint density at radius 3 is 2.79 bits per heavy atom. The second-order valence-electron chi connectivity index (χ2n) is 3.63. The van der Waals surface area contributed by atoms with Crippen LogP contribution in [0.25, 0.3) is 0 Å². The van der Waals surface area contributed by atoms with E-state index < -0.39 is 0 Å². The van der Waals surface area contributed by atoms with Gasteiger partial charge in [0.05, 0.1) is 6.07 Å². The monoisotopic (exact) mass is 189 g/mol. The number of hydrogen-bond acceptors (Lipinski definition) is 2. The van der Waals surface area contributed by atoms with Crippen LogP contribution in [0.15, 0.2) is 24.3 Å². The zero-order valence-electron chi connectivity index (χ0n) is 8.40. The molecule has 0 aliphatic heterocycles. The Morgan fingerprint density at radius 1 is 1.43 bits per heavy atom. The van der Waals surface area contributed by atoms with Crippen LogP contribution in [-0.2, 0) is 6.42 Å². The lowest BCUT2D eigenvalue weighted by Gasteiger charge is -2.10. The molecule has 0 aliphatic rings. The molecular weight excluding hydrogens is 174 g/mol. The number of benzene rings is 1. The Morgan fingerprint density at radius 2 is 2.14 bits per heavy atom. The van der Waals surface area contributed by atoms with Gasteiger partial charge < -0.3 is 5.11 Å². The summed E-state index contributed by atoms with van der Waals surface area (Å²) in [5, 5.41) is 18.0. The van der Waals surface area contributed by atoms with Gasteiger partial charge in [0.2, 0.25) is 0 Å². The lowest BCUT2D eigenvalue weighted by molar-refractivity contribution is 0.455. The van der Waals surface area contributed by atoms with E-state index in [1.807, 2.05) is 18.2 Å². The minimum Gasteiger partial charge on any atom is -0.508 e. The van der Waals surface area contributed by atoms with Gasteiger partial charge in [-0.1, -0.05) is 25.1 Å². The molecule has 0 saturated heterocycles. The number of hydrogen-bond donors (Lipinski definition) is 1. The van der Waals surface area contributed by atoms with Crippen molar-refractivity contribution in [2.75, 3.05) is 0 Å². The van der Waals surface area contributed by atoms with Crippen LogP contribution in [0.2, 0.25) is 0 Å². The molecule has 14 heavy (non-hydrogen) atoms. The number of phenols is 1. The summed E-state index contributed by atoms with van der Waals surface area (Å²) in [7, 11) is 0. The van der Waals surface area contributed by atoms with E-state index in [2.05, 4.69) is 13.0 Å². The Kier molecular flexibility index (Phi) is 4.00. The van der Waals surface area contributed by atoms with E-state index in [9.17, 15) is 5.11 Å². The maximum Gasteiger partial charge on any atom is 0.118 e. The zero-order chi connectivity index (χ0) is 10.4. The summed E-state index contributed by atoms with van der Waals surface area (Å²) in [6, 6.07) is 9.51. The maximum atomic E-state index is 9.52. The van der Waals surface area contributed by atoms with Crippen LogP contribution in [0, 0.1) is 17.2 Å². The van der Waals surface area contributed by atoms with Crippen molar-refractivity contribution in [1.82, 2.24) is 0 Å². The molecule has 1 atom stereocenters. The molecule has 0 saturated carbocycles. The van der Waals surface area contributed by atoms with Crippen LogP contribution in [0.1, 0.15) is 25.3 Å². The Balaban J connectivity index is 2.52. The first-order chi connectivity index (χ1) is 6.74. The molecule has 74 valence electrons. The van der Waals surface area contributed by atoms with Crippen molar-refractivity contribution in [2.24, 2.45) is 5.92 Å². The van der Waals surface area contributed by atoms with E-state index >= 15 is 0 Å². The summed E-state index contributed by atoms with van der Waals surface area (Å²) >= 11 is 0. The van der Waals surface area contributed by atoms with Gasteiger partial charge in [0.1, 0.15) is 5.75 Å². The summed E-state index contributed by atoms with van der Waals surface area (Å²) in [6.45, 7) is 2.10. The molecule has 0 fully saturated rings. The first-order valence-corrected chi connectivity index (χ1v) is 4.88. The molecule has 0 aromatic heterocycles. The lowest BCUT2D eigenvalue weighted by Crippen LogP contribution is -1.99. The fourth-order valence-electron chi connectivity index (χ4n) is 1.47. The van der Waals surface area contributed by atoms with E-state index in [0.717, 1.165) is 18.4 Å². The van der Waals surface area contributed by atoms with Gasteiger partial charge in [-0.05, 0) is 30.4 Å². The summed E-state index contributed by atoms with van der Waals surface area (Å²) in [5.74, 6) is 0.805. The fourth-order valence-corrected chi connectivity index (χ4v) is 1.47. The van der Waals surface area contributed by atoms with Crippen LogP contribution in [0.4, 0.5) is 0 Å². The normalized spacial score (nSPS) is 12.0. The van der Waals surface area contributed by atoms with Gasteiger partial charge in [0.25, 0.3) is 0 Å². The zero-order valence-corrected chi connectivity index (χ0v) is 8.40. The van der Waals surface area contributed by atoms with Gasteiger partial charge in [-0.15, -0.1) is 0 Å². The van der Waals surface area contributed by atoms with Crippen LogP contribution in [0.3, 0.4) is 0 Å². The SMILES string of the molecule is CC(CCC#N)Cc1ccccc1O. The minimum atomic E-state index is 0.358. The predicted octanol–water partition coefficient (Wildman–Crippen LogP) is 2.87. The van der Waals surface area contributed by atoms with Crippen molar-refractivity contribution < 1.29 is 5.11 Å². The van der Waals surface area contributed by atoms with Gasteiger partial charge in [-0.25, -0.2) is 0 Å². The summed E-state index contributed by atoms with van der Waals surface area (Å²) in [5.41, 5.74) is 0.970. The Hall–Kier alpha value is -1.49. The van der Waals surface area contributed by atoms with E-state index in [1.54, 1.807) is 6.07 Å². The van der Waals surface area contributed by atoms with Gasteiger partial charge in [0, 0.05) is 6.42 Å². The molecule has 0 radical (unpaired) electrons. The lowest BCUT2D eigenvalue weighted by atomic mass is 9.96. The van der Waals surface area contributed by atoms with Gasteiger partial charge in [-0.2, -0.15) is 5.26 Å². The molecule has 0 bridgehead atoms. The first-order valence-electron chi connectivity index (χ1n) is 4.88. The van der Waals surface area contributed by atoms with Gasteiger partial charge in [-0.3, -0.25) is 0 Å². The number of phenolic OH excluding ortho intramolecular Hbond substituents is 1. The van der Waals surface area contributed by atoms with E-state index in [-0.39, 0.29) is 0 Å². The Bertz CT molecular complexity index is 327. The highest BCUT2D eigenvalue weighted by atomic mass is 16.3. The van der Waals surface area contributed by atoms with E-state index in [4.69, 9.17) is 5.26 Å². The molecule has 1 rings (SSSR count). The maximum absolute atomic E-state index is 9.52. The second-order valence-corrected chi connectivity index (χ2v) is 3.63. The molecule has 0 heterocycles. The molecular formula is C12H15NO. The van der Waals surface area contributed by atoms with Crippen LogP contribution in [-0.4, -0.2) is 5.11 Å². The summed E-state index contributed by atoms with van der Waals surface area (Å²) in [6.07, 6.45) is 2.33. The topological polar surface area (TPSA) is 44.0 Å². The standard InChI is InChI=1S/C12H15NO/c1-10(5-4-8-13)9-11-6-2-3-7-12(11)14/h2-3,6-7,10,14H,4-5,9H2,1H3. The van der Waals surface area contributed by atoms with Gasteiger partial charge in [0.15, 0.2) is 0 Å². The average Bonchev–Trinajstić information content (AvgIpc) is 2.18. The molecule has 2 heteroatoms. The van der Waals surface area contributed by atoms with Crippen molar-refractivity contribution in [3.8, 4) is 11.8 Å². The number of para-hydroxylation sites is 1. The van der Waals surface area contributed by atoms with Crippen LogP contribution < -0.4 is 0 Å². The quantitative estimate of drug-likeness (QED) is 0.791. The highest BCUT2D eigenvalue weighted by Crippen LogP contribution is 2.21. The third-order valence-electron chi connectivity index (χ3n) is 2.31. The molecule has 0 spiro atoms. The van der Waals surface area contributed by atoms with E-state index in [1.165, 1.54) is 0 Å². The smallest absolute Gasteiger partial charge is 0.118 e. The molecule has 2 nitrogen and oxygen atoms in total. The van der Waals surface area contributed by atoms with Crippen molar-refractivity contribution in [3.63, 3.8) is 0 Å². The molecule has 1 unspecified atom stereocenters. The third-order valence-corrected chi connectivity index (χ3v) is 2.31. The van der Waals surface area contributed by atoms with Crippen molar-refractivity contribution in [3.05, 3.63) is 29.8 Å². The molecule has 1 aromatic rings. The van der Waals surface area contributed by atoms with Crippen LogP contribution in [0.5, 0.6) is 5.75 Å². The highest BCUT2D eigenvalue weighted by molar-refractivity contribution is 5.31. The highest BCUT2D eigenvalue weighted by Gasteiger charge is 2.06. The summed E-state index contributed by atoms with van der Waals surface area (Å²) in [4.78, 5) is 0. The molecule has 0 aliphatic carbocycles. The second kappa shape index (κ2) is 5.29. The number of nitriles is 1. The van der Waals surface area contributed by atoms with Crippen LogP contribution >= 0.6 is 0 Å². The Labute approximate surface area is 84.8 Å². The molecule has 1 N–H and O–H groups in total. The number of rotatable bonds is 4. The fraction of sp³-hybridized carbons (Fsp3) is 0.417. The van der Waals surface area contributed by atoms with Crippen molar-refractivity contribution >= 4 is 0 Å². The third kappa shape index (κ3) is 3.10.